The van der Waals surface area contributed by atoms with Gasteiger partial charge in [0.2, 0.25) is 0 Å². The van der Waals surface area contributed by atoms with Gasteiger partial charge in [0.05, 0.1) is 22.3 Å². The van der Waals surface area contributed by atoms with Gasteiger partial charge in [-0.25, -0.2) is 0 Å². The monoisotopic (exact) mass is 256 g/mol. The molecule has 0 saturated carbocycles. The van der Waals surface area contributed by atoms with Crippen LogP contribution in [-0.2, 0) is 13.6 Å². The van der Waals surface area contributed by atoms with Crippen LogP contribution in [0, 0.1) is 6.92 Å². The molecule has 0 atom stereocenters. The number of nitrogens with zero attached hydrogens (tertiary/aromatic N) is 2. The Bertz CT molecular complexity index is 503. The average molecular weight is 257 g/mol. The van der Waals surface area contributed by atoms with Crippen LogP contribution in [0.2, 0.25) is 4.34 Å². The topological polar surface area (TPSA) is 55.9 Å². The van der Waals surface area contributed by atoms with Crippen molar-refractivity contribution < 1.29 is 0 Å². The molecule has 0 aromatic carbocycles. The lowest BCUT2D eigenvalue weighted by Crippen LogP contribution is -2.05. The Kier molecular flexibility index (Phi) is 3.07. The van der Waals surface area contributed by atoms with Crippen LogP contribution in [0.25, 0.3) is 0 Å². The molecule has 6 heteroatoms. The number of nitrogen functional groups attached to an aromatic ring is 1. The minimum absolute atomic E-state index is 0.699. The van der Waals surface area contributed by atoms with E-state index in [9.17, 15) is 0 Å². The van der Waals surface area contributed by atoms with Gasteiger partial charge in [-0.2, -0.15) is 5.10 Å². The average Bonchev–Trinajstić information content (AvgIpc) is 2.72. The van der Waals surface area contributed by atoms with Crippen molar-refractivity contribution in [3.8, 4) is 0 Å². The number of nitrogens with one attached hydrogen (secondary N) is 1. The van der Waals surface area contributed by atoms with Gasteiger partial charge in [-0.1, -0.05) is 11.6 Å². The maximum atomic E-state index is 5.90. The number of nitrogens with two attached hydrogens (primary N) is 1. The zero-order chi connectivity index (χ0) is 11.7. The highest BCUT2D eigenvalue weighted by Crippen LogP contribution is 2.25. The van der Waals surface area contributed by atoms with E-state index < -0.39 is 0 Å². The summed E-state index contributed by atoms with van der Waals surface area (Å²) < 4.78 is 2.55. The van der Waals surface area contributed by atoms with E-state index in [1.165, 1.54) is 4.88 Å². The van der Waals surface area contributed by atoms with E-state index in [4.69, 9.17) is 17.3 Å². The summed E-state index contributed by atoms with van der Waals surface area (Å²) in [5, 5.41) is 7.49. The molecule has 2 rings (SSSR count). The van der Waals surface area contributed by atoms with Crippen molar-refractivity contribution in [3.63, 3.8) is 0 Å². The molecule has 0 saturated heterocycles. The highest BCUT2D eigenvalue weighted by molar-refractivity contribution is 7.16. The quantitative estimate of drug-likeness (QED) is 0.888. The first-order valence-corrected chi connectivity index (χ1v) is 6.04. The standard InChI is InChI=1S/C10H13ClN4S/c1-6-9(12)10(15(2)14-6)13-5-7-3-4-8(11)16-7/h3-4,13H,5,12H2,1-2H3. The Labute approximate surface area is 103 Å². The van der Waals surface area contributed by atoms with Gasteiger partial charge in [0.25, 0.3) is 0 Å². The van der Waals surface area contributed by atoms with Crippen molar-refractivity contribution in [2.24, 2.45) is 7.05 Å². The molecule has 16 heavy (non-hydrogen) atoms. The van der Waals surface area contributed by atoms with Crippen molar-refractivity contribution in [2.75, 3.05) is 11.1 Å². The first-order valence-electron chi connectivity index (χ1n) is 4.85. The van der Waals surface area contributed by atoms with E-state index in [0.717, 1.165) is 15.8 Å². The fourth-order valence-electron chi connectivity index (χ4n) is 1.50. The molecule has 0 bridgehead atoms. The van der Waals surface area contributed by atoms with E-state index in [2.05, 4.69) is 10.4 Å². The van der Waals surface area contributed by atoms with E-state index in [1.54, 1.807) is 16.0 Å². The molecule has 3 N–H and O–H groups in total. The molecular weight excluding hydrogens is 244 g/mol. The maximum Gasteiger partial charge on any atom is 0.148 e. The van der Waals surface area contributed by atoms with Gasteiger partial charge in [0.15, 0.2) is 0 Å². The summed E-state index contributed by atoms with van der Waals surface area (Å²) in [6.07, 6.45) is 0. The van der Waals surface area contributed by atoms with E-state index >= 15 is 0 Å². The summed E-state index contributed by atoms with van der Waals surface area (Å²) in [6, 6.07) is 3.89. The van der Waals surface area contributed by atoms with Crippen molar-refractivity contribution >= 4 is 34.4 Å². The molecule has 0 unspecified atom stereocenters. The number of anilines is 2. The number of hydrogen-bond acceptors (Lipinski definition) is 4. The third-order valence-corrected chi connectivity index (χ3v) is 3.56. The van der Waals surface area contributed by atoms with E-state index in [-0.39, 0.29) is 0 Å². The van der Waals surface area contributed by atoms with Gasteiger partial charge in [0, 0.05) is 11.9 Å². The normalized spacial score (nSPS) is 10.7. The summed E-state index contributed by atoms with van der Waals surface area (Å²) in [4.78, 5) is 1.17. The molecule has 0 aliphatic carbocycles. The van der Waals surface area contributed by atoms with Gasteiger partial charge in [-0.15, -0.1) is 11.3 Å². The van der Waals surface area contributed by atoms with E-state index in [0.29, 0.717) is 12.2 Å². The third kappa shape index (κ3) is 2.15. The molecule has 0 amide bonds. The molecule has 0 radical (unpaired) electrons. The Hall–Kier alpha value is -1.20. The number of halogens is 1. The predicted octanol–water partition coefficient (Wildman–Crippen LogP) is 2.64. The van der Waals surface area contributed by atoms with Gasteiger partial charge < -0.3 is 11.1 Å². The molecule has 2 aromatic rings. The van der Waals surface area contributed by atoms with Crippen LogP contribution in [0.3, 0.4) is 0 Å². The van der Waals surface area contributed by atoms with Crippen LogP contribution in [0.5, 0.6) is 0 Å². The molecule has 0 aliphatic rings. The lowest BCUT2D eigenvalue weighted by atomic mass is 10.4. The lowest BCUT2D eigenvalue weighted by molar-refractivity contribution is 0.758. The summed E-state index contributed by atoms with van der Waals surface area (Å²) in [6.45, 7) is 2.60. The Morgan fingerprint density at radius 2 is 2.31 bits per heavy atom. The minimum atomic E-state index is 0.699. The second-order valence-electron chi connectivity index (χ2n) is 3.53. The molecule has 2 heterocycles. The fourth-order valence-corrected chi connectivity index (χ4v) is 2.53. The zero-order valence-corrected chi connectivity index (χ0v) is 10.7. The van der Waals surface area contributed by atoms with Crippen LogP contribution < -0.4 is 11.1 Å². The van der Waals surface area contributed by atoms with E-state index in [1.807, 2.05) is 26.1 Å². The first-order chi connectivity index (χ1) is 7.58. The first kappa shape index (κ1) is 11.3. The number of aryl methyl sites for hydroxylation is 2. The molecule has 86 valence electrons. The van der Waals surface area contributed by atoms with Crippen molar-refractivity contribution in [1.82, 2.24) is 9.78 Å². The number of thiophene rings is 1. The molecule has 2 aromatic heterocycles. The highest BCUT2D eigenvalue weighted by atomic mass is 35.5. The summed E-state index contributed by atoms with van der Waals surface area (Å²) >= 11 is 7.42. The molecule has 0 fully saturated rings. The highest BCUT2D eigenvalue weighted by Gasteiger charge is 2.09. The maximum absolute atomic E-state index is 5.90. The molecule has 0 aliphatic heterocycles. The SMILES string of the molecule is Cc1nn(C)c(NCc2ccc(Cl)s2)c1N. The summed E-state index contributed by atoms with van der Waals surface area (Å²) in [5.74, 6) is 0.849. The minimum Gasteiger partial charge on any atom is -0.394 e. The Balaban J connectivity index is 2.10. The number of hydrogen-bond donors (Lipinski definition) is 2. The largest absolute Gasteiger partial charge is 0.394 e. The van der Waals surface area contributed by atoms with Gasteiger partial charge >= 0.3 is 0 Å². The smallest absolute Gasteiger partial charge is 0.148 e. The Morgan fingerprint density at radius 3 is 2.81 bits per heavy atom. The third-order valence-electron chi connectivity index (χ3n) is 2.33. The van der Waals surface area contributed by atoms with Gasteiger partial charge in [-0.05, 0) is 19.1 Å². The second kappa shape index (κ2) is 4.35. The van der Waals surface area contributed by atoms with Crippen molar-refractivity contribution in [3.05, 3.63) is 27.0 Å². The van der Waals surface area contributed by atoms with Gasteiger partial charge in [0.1, 0.15) is 5.82 Å². The van der Waals surface area contributed by atoms with Crippen LogP contribution >= 0.6 is 22.9 Å². The lowest BCUT2D eigenvalue weighted by Gasteiger charge is -2.05. The molecule has 4 nitrogen and oxygen atoms in total. The summed E-state index contributed by atoms with van der Waals surface area (Å²) in [5.41, 5.74) is 7.45. The second-order valence-corrected chi connectivity index (χ2v) is 5.33. The fraction of sp³-hybridized carbons (Fsp3) is 0.300. The van der Waals surface area contributed by atoms with Crippen LogP contribution in [0.1, 0.15) is 10.6 Å². The Morgan fingerprint density at radius 1 is 1.56 bits per heavy atom. The molecular formula is C10H13ClN4S. The van der Waals surface area contributed by atoms with Crippen molar-refractivity contribution in [2.45, 2.75) is 13.5 Å². The predicted molar refractivity (Wildman–Crippen MR) is 69.0 cm³/mol. The van der Waals surface area contributed by atoms with Crippen molar-refractivity contribution in [1.29, 1.82) is 0 Å². The number of rotatable bonds is 3. The van der Waals surface area contributed by atoms with Gasteiger partial charge in [-0.3, -0.25) is 4.68 Å². The molecule has 0 spiro atoms. The number of aromatic nitrogens is 2. The van der Waals surface area contributed by atoms with Crippen LogP contribution in [0.4, 0.5) is 11.5 Å². The van der Waals surface area contributed by atoms with Crippen LogP contribution in [0.15, 0.2) is 12.1 Å². The van der Waals surface area contributed by atoms with Crippen LogP contribution in [-0.4, -0.2) is 9.78 Å². The summed E-state index contributed by atoms with van der Waals surface area (Å²) in [7, 11) is 1.87. The zero-order valence-electron chi connectivity index (χ0n) is 9.12.